The van der Waals surface area contributed by atoms with Crippen LogP contribution in [0.15, 0.2) is 24.3 Å². The van der Waals surface area contributed by atoms with Crippen LogP contribution in [-0.2, 0) is 9.59 Å². The van der Waals surface area contributed by atoms with Gasteiger partial charge in [-0.3, -0.25) is 9.59 Å². The standard InChI is InChI=1S/C12H14N2O3/c1-7(13)11(15)14-6-9(12(16)17)8-4-2-3-5-10(8)14/h2-5,7,9H,6,13H2,1H3,(H,16,17)/t7-,9?/m0/s1. The zero-order valence-electron chi connectivity index (χ0n) is 9.46. The number of carbonyl (C=O) groups is 2. The molecule has 0 saturated carbocycles. The number of para-hydroxylation sites is 1. The molecule has 0 radical (unpaired) electrons. The molecule has 5 heteroatoms. The first-order valence-corrected chi connectivity index (χ1v) is 5.41. The van der Waals surface area contributed by atoms with E-state index in [2.05, 4.69) is 0 Å². The van der Waals surface area contributed by atoms with Crippen molar-refractivity contribution < 1.29 is 14.7 Å². The molecule has 17 heavy (non-hydrogen) atoms. The van der Waals surface area contributed by atoms with E-state index in [0.717, 1.165) is 0 Å². The molecule has 0 aliphatic carbocycles. The van der Waals surface area contributed by atoms with Gasteiger partial charge in [0.25, 0.3) is 0 Å². The molecule has 0 bridgehead atoms. The van der Waals surface area contributed by atoms with Crippen LogP contribution in [0, 0.1) is 0 Å². The fourth-order valence-corrected chi connectivity index (χ4v) is 2.07. The molecule has 0 spiro atoms. The van der Waals surface area contributed by atoms with Gasteiger partial charge in [-0.1, -0.05) is 18.2 Å². The Morgan fingerprint density at radius 2 is 2.12 bits per heavy atom. The van der Waals surface area contributed by atoms with Crippen LogP contribution in [0.1, 0.15) is 18.4 Å². The molecular formula is C12H14N2O3. The van der Waals surface area contributed by atoms with Crippen LogP contribution < -0.4 is 10.6 Å². The van der Waals surface area contributed by atoms with E-state index in [1.54, 1.807) is 31.2 Å². The summed E-state index contributed by atoms with van der Waals surface area (Å²) in [4.78, 5) is 24.5. The molecule has 90 valence electrons. The van der Waals surface area contributed by atoms with Gasteiger partial charge in [0.05, 0.1) is 6.04 Å². The number of aliphatic carboxylic acids is 1. The first-order valence-electron chi connectivity index (χ1n) is 5.41. The van der Waals surface area contributed by atoms with Gasteiger partial charge < -0.3 is 15.7 Å². The average molecular weight is 234 g/mol. The summed E-state index contributed by atoms with van der Waals surface area (Å²) in [5, 5.41) is 9.13. The average Bonchev–Trinajstić information content (AvgIpc) is 2.67. The SMILES string of the molecule is C[C@H](N)C(=O)N1CC(C(=O)O)c2ccccc21. The number of amides is 1. The Labute approximate surface area is 98.8 Å². The smallest absolute Gasteiger partial charge is 0.312 e. The highest BCUT2D eigenvalue weighted by Crippen LogP contribution is 2.36. The third-order valence-electron chi connectivity index (χ3n) is 2.92. The van der Waals surface area contributed by atoms with Crippen LogP contribution in [0.5, 0.6) is 0 Å². The van der Waals surface area contributed by atoms with Gasteiger partial charge in [0.2, 0.25) is 5.91 Å². The monoisotopic (exact) mass is 234 g/mol. The first kappa shape index (κ1) is 11.6. The lowest BCUT2D eigenvalue weighted by Gasteiger charge is -2.19. The van der Waals surface area contributed by atoms with E-state index >= 15 is 0 Å². The van der Waals surface area contributed by atoms with Crippen molar-refractivity contribution in [2.75, 3.05) is 11.4 Å². The minimum atomic E-state index is -0.919. The number of benzene rings is 1. The highest BCUT2D eigenvalue weighted by atomic mass is 16.4. The number of fused-ring (bicyclic) bond motifs is 1. The number of anilines is 1. The molecule has 1 unspecified atom stereocenters. The zero-order valence-corrected chi connectivity index (χ0v) is 9.46. The third kappa shape index (κ3) is 1.89. The van der Waals surface area contributed by atoms with Gasteiger partial charge in [0.15, 0.2) is 0 Å². The first-order chi connectivity index (χ1) is 8.02. The van der Waals surface area contributed by atoms with Gasteiger partial charge >= 0.3 is 5.97 Å². The van der Waals surface area contributed by atoms with Gasteiger partial charge in [-0.2, -0.15) is 0 Å². The molecule has 0 fully saturated rings. The molecule has 2 atom stereocenters. The molecule has 1 aliphatic rings. The molecule has 1 aromatic carbocycles. The van der Waals surface area contributed by atoms with Crippen LogP contribution >= 0.6 is 0 Å². The Bertz CT molecular complexity index is 471. The van der Waals surface area contributed by atoms with E-state index in [1.165, 1.54) is 4.90 Å². The molecule has 0 saturated heterocycles. The molecule has 0 aromatic heterocycles. The Balaban J connectivity index is 2.41. The van der Waals surface area contributed by atoms with E-state index in [-0.39, 0.29) is 12.5 Å². The van der Waals surface area contributed by atoms with Crippen molar-refractivity contribution in [2.24, 2.45) is 5.73 Å². The second-order valence-electron chi connectivity index (χ2n) is 4.19. The highest BCUT2D eigenvalue weighted by molar-refractivity contribution is 6.01. The van der Waals surface area contributed by atoms with Crippen molar-refractivity contribution in [3.63, 3.8) is 0 Å². The lowest BCUT2D eigenvalue weighted by atomic mass is 10.0. The maximum absolute atomic E-state index is 11.9. The normalized spacial score (nSPS) is 19.9. The third-order valence-corrected chi connectivity index (χ3v) is 2.92. The van der Waals surface area contributed by atoms with Gasteiger partial charge in [-0.25, -0.2) is 0 Å². The number of carbonyl (C=O) groups excluding carboxylic acids is 1. The second kappa shape index (κ2) is 4.18. The summed E-state index contributed by atoms with van der Waals surface area (Å²) in [7, 11) is 0. The fourth-order valence-electron chi connectivity index (χ4n) is 2.07. The lowest BCUT2D eigenvalue weighted by Crippen LogP contribution is -2.42. The Kier molecular flexibility index (Phi) is 2.85. The van der Waals surface area contributed by atoms with Crippen molar-refractivity contribution in [1.29, 1.82) is 0 Å². The van der Waals surface area contributed by atoms with E-state index in [9.17, 15) is 9.59 Å². The van der Waals surface area contributed by atoms with E-state index in [1.807, 2.05) is 0 Å². The minimum Gasteiger partial charge on any atom is -0.481 e. The Morgan fingerprint density at radius 3 is 2.71 bits per heavy atom. The second-order valence-corrected chi connectivity index (χ2v) is 4.19. The van der Waals surface area contributed by atoms with Crippen LogP contribution in [0.3, 0.4) is 0 Å². The topological polar surface area (TPSA) is 83.6 Å². The van der Waals surface area contributed by atoms with Crippen LogP contribution in [-0.4, -0.2) is 29.6 Å². The van der Waals surface area contributed by atoms with Crippen molar-refractivity contribution in [2.45, 2.75) is 18.9 Å². The molecule has 1 aromatic rings. The van der Waals surface area contributed by atoms with Gasteiger partial charge in [0, 0.05) is 12.2 Å². The van der Waals surface area contributed by atoms with E-state index in [0.29, 0.717) is 11.3 Å². The largest absolute Gasteiger partial charge is 0.481 e. The van der Waals surface area contributed by atoms with Gasteiger partial charge in [0.1, 0.15) is 5.92 Å². The summed E-state index contributed by atoms with van der Waals surface area (Å²) in [6.07, 6.45) is 0. The summed E-state index contributed by atoms with van der Waals surface area (Å²) in [6.45, 7) is 1.76. The molecule has 1 amide bonds. The van der Waals surface area contributed by atoms with Crippen LogP contribution in [0.4, 0.5) is 5.69 Å². The predicted octanol–water partition coefficient (Wildman–Crippen LogP) is 0.549. The summed E-state index contributed by atoms with van der Waals surface area (Å²) >= 11 is 0. The molecule has 1 heterocycles. The van der Waals surface area contributed by atoms with E-state index < -0.39 is 17.9 Å². The quantitative estimate of drug-likeness (QED) is 0.782. The van der Waals surface area contributed by atoms with Crippen molar-refractivity contribution in [3.8, 4) is 0 Å². The van der Waals surface area contributed by atoms with Crippen molar-refractivity contribution in [1.82, 2.24) is 0 Å². The van der Waals surface area contributed by atoms with E-state index in [4.69, 9.17) is 10.8 Å². The fraction of sp³-hybridized carbons (Fsp3) is 0.333. The van der Waals surface area contributed by atoms with Gasteiger partial charge in [-0.15, -0.1) is 0 Å². The molecule has 5 nitrogen and oxygen atoms in total. The number of nitrogens with zero attached hydrogens (tertiary/aromatic N) is 1. The Hall–Kier alpha value is -1.88. The summed E-state index contributed by atoms with van der Waals surface area (Å²) < 4.78 is 0. The molecular weight excluding hydrogens is 220 g/mol. The highest BCUT2D eigenvalue weighted by Gasteiger charge is 2.36. The van der Waals surface area contributed by atoms with Crippen molar-refractivity contribution in [3.05, 3.63) is 29.8 Å². The predicted molar refractivity (Wildman–Crippen MR) is 62.8 cm³/mol. The number of hydrogen-bond donors (Lipinski definition) is 2. The van der Waals surface area contributed by atoms with Crippen molar-refractivity contribution >= 4 is 17.6 Å². The summed E-state index contributed by atoms with van der Waals surface area (Å²) in [5.41, 5.74) is 6.89. The lowest BCUT2D eigenvalue weighted by molar-refractivity contribution is -0.138. The number of nitrogens with two attached hydrogens (primary N) is 1. The number of carboxylic acid groups (broad SMARTS) is 1. The van der Waals surface area contributed by atoms with Gasteiger partial charge in [-0.05, 0) is 18.6 Å². The maximum Gasteiger partial charge on any atom is 0.312 e. The van der Waals surface area contributed by atoms with Crippen LogP contribution in [0.25, 0.3) is 0 Å². The van der Waals surface area contributed by atoms with Crippen LogP contribution in [0.2, 0.25) is 0 Å². The molecule has 3 N–H and O–H groups in total. The summed E-state index contributed by atoms with van der Waals surface area (Å²) in [5.74, 6) is -1.83. The number of carboxylic acids is 1. The summed E-state index contributed by atoms with van der Waals surface area (Å²) in [6, 6.07) is 6.41. The zero-order chi connectivity index (χ0) is 12.6. The number of hydrogen-bond acceptors (Lipinski definition) is 3. The minimum absolute atomic E-state index is 0.162. The molecule has 1 aliphatic heterocycles. The molecule has 2 rings (SSSR count). The Morgan fingerprint density at radius 1 is 1.47 bits per heavy atom. The number of rotatable bonds is 2. The maximum atomic E-state index is 11.9.